The van der Waals surface area contributed by atoms with Crippen molar-refractivity contribution < 1.29 is 4.79 Å². The first-order valence-electron chi connectivity index (χ1n) is 6.68. The Morgan fingerprint density at radius 2 is 2.25 bits per heavy atom. The quantitative estimate of drug-likeness (QED) is 0.720. The highest BCUT2D eigenvalue weighted by molar-refractivity contribution is 5.78. The zero-order valence-electron chi connectivity index (χ0n) is 11.0. The van der Waals surface area contributed by atoms with Gasteiger partial charge in [0.1, 0.15) is 0 Å². The molecule has 0 aromatic heterocycles. The van der Waals surface area contributed by atoms with Crippen molar-refractivity contribution >= 4 is 5.91 Å². The number of rotatable bonds is 7. The van der Waals surface area contributed by atoms with Crippen molar-refractivity contribution in [3.8, 4) is 0 Å². The highest BCUT2D eigenvalue weighted by atomic mass is 16.2. The Labute approximate surface area is 99.6 Å². The molecule has 0 aliphatic carbocycles. The average Bonchev–Trinajstić information content (AvgIpc) is 2.60. The third-order valence-corrected chi connectivity index (χ3v) is 3.49. The van der Waals surface area contributed by atoms with Gasteiger partial charge in [0.2, 0.25) is 5.91 Å². The van der Waals surface area contributed by atoms with Crippen LogP contribution in [-0.2, 0) is 4.79 Å². The lowest BCUT2D eigenvalue weighted by atomic mass is 10.1. The van der Waals surface area contributed by atoms with E-state index in [1.807, 2.05) is 4.90 Å². The monoisotopic (exact) mass is 226 g/mol. The number of hydrogen-bond donors (Lipinski definition) is 1. The summed E-state index contributed by atoms with van der Waals surface area (Å²) in [7, 11) is 0. The zero-order chi connectivity index (χ0) is 12.0. The molecule has 0 aromatic carbocycles. The molecule has 3 nitrogen and oxygen atoms in total. The third kappa shape index (κ3) is 4.12. The highest BCUT2D eigenvalue weighted by Crippen LogP contribution is 2.20. The molecule has 0 aromatic rings. The minimum absolute atomic E-state index is 0.364. The molecule has 0 saturated carbocycles. The van der Waals surface area contributed by atoms with Crippen LogP contribution in [0.1, 0.15) is 46.5 Å². The predicted molar refractivity (Wildman–Crippen MR) is 67.4 cm³/mol. The number of nitrogens with zero attached hydrogens (tertiary/aromatic N) is 1. The summed E-state index contributed by atoms with van der Waals surface area (Å²) in [5.74, 6) is 0.974. The van der Waals surface area contributed by atoms with Gasteiger partial charge in [-0.2, -0.15) is 0 Å². The molecule has 0 radical (unpaired) electrons. The Kier molecular flexibility index (Phi) is 5.81. The number of nitrogens with one attached hydrogen (secondary N) is 1. The molecule has 3 heteroatoms. The van der Waals surface area contributed by atoms with Gasteiger partial charge in [0.25, 0.3) is 0 Å². The summed E-state index contributed by atoms with van der Waals surface area (Å²) in [6.45, 7) is 9.49. The minimum atomic E-state index is 0.364. The summed E-state index contributed by atoms with van der Waals surface area (Å²) in [5, 5.41) is 3.40. The van der Waals surface area contributed by atoms with Crippen LogP contribution in [-0.4, -0.2) is 36.5 Å². The van der Waals surface area contributed by atoms with Crippen LogP contribution < -0.4 is 5.32 Å². The van der Waals surface area contributed by atoms with Gasteiger partial charge in [-0.25, -0.2) is 0 Å². The van der Waals surface area contributed by atoms with E-state index < -0.39 is 0 Å². The first-order chi connectivity index (χ1) is 7.67. The minimum Gasteiger partial charge on any atom is -0.342 e. The van der Waals surface area contributed by atoms with Crippen molar-refractivity contribution in [1.29, 1.82) is 0 Å². The van der Waals surface area contributed by atoms with E-state index in [1.165, 1.54) is 0 Å². The number of likely N-dealkylation sites (tertiary alicyclic amines) is 1. The molecule has 1 heterocycles. The summed E-state index contributed by atoms with van der Waals surface area (Å²) in [6, 6.07) is 0.574. The standard InChI is InChI=1S/C13H26N2O/c1-4-12-9-13(16)15(10-12)8-6-7-11(3)14-5-2/h11-12,14H,4-10H2,1-3H3. The second-order valence-corrected chi connectivity index (χ2v) is 4.92. The molecular formula is C13H26N2O. The van der Waals surface area contributed by atoms with E-state index in [4.69, 9.17) is 0 Å². The van der Waals surface area contributed by atoms with Crippen LogP contribution >= 0.6 is 0 Å². The second kappa shape index (κ2) is 6.89. The van der Waals surface area contributed by atoms with Crippen LogP contribution in [0.15, 0.2) is 0 Å². The molecule has 1 N–H and O–H groups in total. The zero-order valence-corrected chi connectivity index (χ0v) is 11.0. The number of carbonyl (C=O) groups is 1. The molecule has 16 heavy (non-hydrogen) atoms. The van der Waals surface area contributed by atoms with Gasteiger partial charge in [0.15, 0.2) is 0 Å². The molecule has 1 saturated heterocycles. The Bertz CT molecular complexity index is 218. The van der Waals surface area contributed by atoms with Crippen molar-refractivity contribution in [2.45, 2.75) is 52.5 Å². The van der Waals surface area contributed by atoms with Crippen LogP contribution in [0.4, 0.5) is 0 Å². The van der Waals surface area contributed by atoms with Crippen molar-refractivity contribution in [2.75, 3.05) is 19.6 Å². The van der Waals surface area contributed by atoms with E-state index in [-0.39, 0.29) is 0 Å². The Morgan fingerprint density at radius 1 is 1.50 bits per heavy atom. The topological polar surface area (TPSA) is 32.3 Å². The van der Waals surface area contributed by atoms with Gasteiger partial charge in [-0.1, -0.05) is 20.3 Å². The van der Waals surface area contributed by atoms with E-state index in [1.54, 1.807) is 0 Å². The molecule has 1 fully saturated rings. The van der Waals surface area contributed by atoms with Crippen molar-refractivity contribution in [2.24, 2.45) is 5.92 Å². The van der Waals surface area contributed by atoms with E-state index >= 15 is 0 Å². The molecule has 2 unspecified atom stereocenters. The van der Waals surface area contributed by atoms with E-state index in [9.17, 15) is 4.79 Å². The van der Waals surface area contributed by atoms with Gasteiger partial charge < -0.3 is 10.2 Å². The van der Waals surface area contributed by atoms with Crippen LogP contribution in [0.25, 0.3) is 0 Å². The lowest BCUT2D eigenvalue weighted by Crippen LogP contribution is -2.29. The highest BCUT2D eigenvalue weighted by Gasteiger charge is 2.27. The van der Waals surface area contributed by atoms with E-state index in [0.29, 0.717) is 17.9 Å². The normalized spacial score (nSPS) is 22.8. The molecule has 0 bridgehead atoms. The first kappa shape index (κ1) is 13.5. The average molecular weight is 226 g/mol. The third-order valence-electron chi connectivity index (χ3n) is 3.49. The lowest BCUT2D eigenvalue weighted by molar-refractivity contribution is -0.127. The SMILES string of the molecule is CCNC(C)CCCN1CC(CC)CC1=O. The fourth-order valence-corrected chi connectivity index (χ4v) is 2.38. The first-order valence-corrected chi connectivity index (χ1v) is 6.68. The Balaban J connectivity index is 2.16. The summed E-state index contributed by atoms with van der Waals surface area (Å²) < 4.78 is 0. The summed E-state index contributed by atoms with van der Waals surface area (Å²) in [4.78, 5) is 13.7. The van der Waals surface area contributed by atoms with Crippen LogP contribution in [0.5, 0.6) is 0 Å². The van der Waals surface area contributed by atoms with Gasteiger partial charge in [0.05, 0.1) is 0 Å². The molecule has 2 atom stereocenters. The van der Waals surface area contributed by atoms with Gasteiger partial charge in [-0.15, -0.1) is 0 Å². The molecule has 1 rings (SSSR count). The molecule has 1 amide bonds. The smallest absolute Gasteiger partial charge is 0.222 e. The summed E-state index contributed by atoms with van der Waals surface area (Å²) in [5.41, 5.74) is 0. The van der Waals surface area contributed by atoms with Crippen molar-refractivity contribution in [1.82, 2.24) is 10.2 Å². The lowest BCUT2D eigenvalue weighted by Gasteiger charge is -2.18. The van der Waals surface area contributed by atoms with Gasteiger partial charge in [-0.05, 0) is 32.2 Å². The maximum Gasteiger partial charge on any atom is 0.222 e. The molecule has 0 spiro atoms. The fraction of sp³-hybridized carbons (Fsp3) is 0.923. The van der Waals surface area contributed by atoms with E-state index in [2.05, 4.69) is 26.1 Å². The van der Waals surface area contributed by atoms with Crippen molar-refractivity contribution in [3.05, 3.63) is 0 Å². The summed E-state index contributed by atoms with van der Waals surface area (Å²) >= 11 is 0. The maximum absolute atomic E-state index is 11.7. The Morgan fingerprint density at radius 3 is 2.81 bits per heavy atom. The van der Waals surface area contributed by atoms with Gasteiger partial charge >= 0.3 is 0 Å². The second-order valence-electron chi connectivity index (χ2n) is 4.92. The Hall–Kier alpha value is -0.570. The van der Waals surface area contributed by atoms with E-state index in [0.717, 1.165) is 45.3 Å². The molecule has 1 aliphatic rings. The van der Waals surface area contributed by atoms with Crippen molar-refractivity contribution in [3.63, 3.8) is 0 Å². The van der Waals surface area contributed by atoms with Gasteiger partial charge in [0, 0.05) is 25.6 Å². The fourth-order valence-electron chi connectivity index (χ4n) is 2.38. The van der Waals surface area contributed by atoms with Gasteiger partial charge in [-0.3, -0.25) is 4.79 Å². The van der Waals surface area contributed by atoms with Crippen LogP contribution in [0, 0.1) is 5.92 Å². The summed E-state index contributed by atoms with van der Waals surface area (Å²) in [6.07, 6.45) is 4.19. The van der Waals surface area contributed by atoms with Crippen LogP contribution in [0.2, 0.25) is 0 Å². The number of carbonyl (C=O) groups excluding carboxylic acids is 1. The predicted octanol–water partition coefficient (Wildman–Crippen LogP) is 2.02. The molecule has 94 valence electrons. The largest absolute Gasteiger partial charge is 0.342 e. The number of hydrogen-bond acceptors (Lipinski definition) is 2. The maximum atomic E-state index is 11.7. The number of amides is 1. The molecular weight excluding hydrogens is 200 g/mol. The van der Waals surface area contributed by atoms with Crippen LogP contribution in [0.3, 0.4) is 0 Å². The molecule has 1 aliphatic heterocycles.